The van der Waals surface area contributed by atoms with Gasteiger partial charge in [0, 0.05) is 29.5 Å². The zero-order chi connectivity index (χ0) is 42.5. The first-order chi connectivity index (χ1) is 27.8. The molecule has 13 nitrogen and oxygen atoms in total. The zero-order valence-electron chi connectivity index (χ0n) is 33.8. The number of rotatable bonds is 11. The van der Waals surface area contributed by atoms with Crippen LogP contribution in [0.1, 0.15) is 91.9 Å². The third-order valence-electron chi connectivity index (χ3n) is 12.5. The molecular formula is C42H54F3N5O8S. The van der Waals surface area contributed by atoms with Gasteiger partial charge in [-0.15, -0.1) is 0 Å². The van der Waals surface area contributed by atoms with Gasteiger partial charge in [-0.05, 0) is 75.2 Å². The Morgan fingerprint density at radius 3 is 2.42 bits per heavy atom. The number of ether oxygens (including phenoxy) is 2. The highest BCUT2D eigenvalue weighted by atomic mass is 32.2. The van der Waals surface area contributed by atoms with Crippen LogP contribution in [0.5, 0.6) is 11.6 Å². The highest BCUT2D eigenvalue weighted by Crippen LogP contribution is 2.46. The van der Waals surface area contributed by atoms with Crippen molar-refractivity contribution in [1.29, 1.82) is 0 Å². The molecule has 1 aromatic carbocycles. The molecule has 3 saturated carbocycles. The topological polar surface area (TPSA) is 173 Å². The highest BCUT2D eigenvalue weighted by Gasteiger charge is 2.62. The molecule has 1 saturated heterocycles. The fraction of sp³-hybridized carbons (Fsp3) is 0.643. The lowest BCUT2D eigenvalue weighted by molar-refractivity contribution is -0.214. The van der Waals surface area contributed by atoms with Crippen LogP contribution in [0.3, 0.4) is 0 Å². The maximum absolute atomic E-state index is 14.8. The lowest BCUT2D eigenvalue weighted by Crippen LogP contribution is -2.59. The molecule has 1 aromatic heterocycles. The Balaban J connectivity index is 1.21. The predicted octanol–water partition coefficient (Wildman–Crippen LogP) is 5.33. The van der Waals surface area contributed by atoms with Gasteiger partial charge in [0.15, 0.2) is 0 Å². The van der Waals surface area contributed by atoms with Crippen LogP contribution in [-0.4, -0.2) is 90.2 Å². The van der Waals surface area contributed by atoms with Crippen LogP contribution in [0.2, 0.25) is 0 Å². The molecule has 3 aliphatic carbocycles. The number of carbonyl (C=O) groups excluding carboxylic acids is 4. The van der Waals surface area contributed by atoms with Gasteiger partial charge in [0.2, 0.25) is 33.6 Å². The summed E-state index contributed by atoms with van der Waals surface area (Å²) in [7, 11) is -3.97. The van der Waals surface area contributed by atoms with Crippen LogP contribution in [0.25, 0.3) is 10.8 Å². The summed E-state index contributed by atoms with van der Waals surface area (Å²) < 4.78 is 82.2. The normalized spacial score (nSPS) is 29.9. The molecule has 7 rings (SSSR count). The number of nitrogens with one attached hydrogen (secondary N) is 3. The van der Waals surface area contributed by atoms with Crippen LogP contribution >= 0.6 is 0 Å². The fourth-order valence-corrected chi connectivity index (χ4v) is 9.59. The minimum Gasteiger partial charge on any atom is -0.491 e. The number of pyridine rings is 1. The van der Waals surface area contributed by atoms with Crippen LogP contribution in [0, 0.1) is 29.1 Å². The molecule has 17 heteroatoms. The van der Waals surface area contributed by atoms with Gasteiger partial charge >= 0.3 is 6.18 Å². The van der Waals surface area contributed by atoms with Gasteiger partial charge in [0.1, 0.15) is 29.5 Å². The fourth-order valence-electron chi connectivity index (χ4n) is 8.22. The molecule has 3 heterocycles. The Morgan fingerprint density at radius 1 is 1.03 bits per heavy atom. The van der Waals surface area contributed by atoms with Gasteiger partial charge in [-0.2, -0.15) is 13.2 Å². The van der Waals surface area contributed by atoms with Crippen LogP contribution in [0.4, 0.5) is 13.2 Å². The third-order valence-corrected chi connectivity index (χ3v) is 14.3. The summed E-state index contributed by atoms with van der Waals surface area (Å²) in [4.78, 5) is 62.4. The van der Waals surface area contributed by atoms with E-state index in [1.807, 2.05) is 43.3 Å². The van der Waals surface area contributed by atoms with Crippen molar-refractivity contribution in [2.75, 3.05) is 13.2 Å². The number of amides is 4. The number of hydrogen-bond acceptors (Lipinski definition) is 9. The number of carbonyl (C=O) groups is 4. The van der Waals surface area contributed by atoms with Gasteiger partial charge in [-0.1, -0.05) is 58.0 Å². The first-order valence-electron chi connectivity index (χ1n) is 20.7. The van der Waals surface area contributed by atoms with E-state index in [4.69, 9.17) is 9.47 Å². The standard InChI is InChI=1S/C42H54F3N5O8S/c1-24-9-5-6-10-27-19-41(27,39(54)49-59(55,56)29-15-16-29)48-36(52)32-18-28(58-37-31-12-8-7-11-30(31)33(21-46-37)57-23-26-13-14-26)22-50(32)38(53)35(25(2)17-24)47-34(51)20-40(3,4)42(43,44)45/h6-8,10-12,21,24-29,32,35H,5,9,13-20,22-23H2,1-4H3,(H,47,51)(H,48,52)(H,49,54)/b10-6-/t24-,25-,27-,28-,32+,35+,41-/m1/s1. The summed E-state index contributed by atoms with van der Waals surface area (Å²) in [6.07, 6.45) is 3.60. The number of fused-ring (bicyclic) bond motifs is 3. The summed E-state index contributed by atoms with van der Waals surface area (Å²) in [5.41, 5.74) is -3.98. The highest BCUT2D eigenvalue weighted by molar-refractivity contribution is 7.91. The maximum Gasteiger partial charge on any atom is 0.394 e. The predicted molar refractivity (Wildman–Crippen MR) is 211 cm³/mol. The largest absolute Gasteiger partial charge is 0.491 e. The molecule has 0 radical (unpaired) electrons. The quantitative estimate of drug-likeness (QED) is 0.253. The zero-order valence-corrected chi connectivity index (χ0v) is 34.7. The Labute approximate surface area is 342 Å². The van der Waals surface area contributed by atoms with E-state index in [2.05, 4.69) is 20.3 Å². The molecule has 0 spiro atoms. The van der Waals surface area contributed by atoms with Crippen LogP contribution in [-0.2, 0) is 29.2 Å². The Hall–Kier alpha value is -4.41. The molecule has 322 valence electrons. The Bertz CT molecular complexity index is 2110. The molecule has 3 N–H and O–H groups in total. The number of allylic oxidation sites excluding steroid dienone is 1. The number of sulfonamides is 1. The Morgan fingerprint density at radius 2 is 1.75 bits per heavy atom. The molecule has 7 atom stereocenters. The van der Waals surface area contributed by atoms with Crippen molar-refractivity contribution in [1.82, 2.24) is 25.2 Å². The van der Waals surface area contributed by atoms with Crippen molar-refractivity contribution in [2.45, 2.75) is 127 Å². The number of nitrogens with zero attached hydrogens (tertiary/aromatic N) is 2. The number of aromatic nitrogens is 1. The van der Waals surface area contributed by atoms with E-state index in [1.165, 1.54) is 4.90 Å². The second kappa shape index (κ2) is 16.2. The molecule has 5 aliphatic rings. The number of benzene rings is 1. The van der Waals surface area contributed by atoms with E-state index in [-0.39, 0.29) is 31.2 Å². The summed E-state index contributed by atoms with van der Waals surface area (Å²) in [5.74, 6) is -2.99. The van der Waals surface area contributed by atoms with Crippen LogP contribution < -0.4 is 24.8 Å². The minimum absolute atomic E-state index is 0.00957. The van der Waals surface area contributed by atoms with E-state index in [9.17, 15) is 40.8 Å². The van der Waals surface area contributed by atoms with Crippen molar-refractivity contribution in [3.05, 3.63) is 42.6 Å². The van der Waals surface area contributed by atoms with Crippen molar-refractivity contribution in [3.63, 3.8) is 0 Å². The maximum atomic E-state index is 14.8. The van der Waals surface area contributed by atoms with E-state index < -0.39 is 92.5 Å². The van der Waals surface area contributed by atoms with Crippen LogP contribution in [0.15, 0.2) is 42.6 Å². The van der Waals surface area contributed by atoms with E-state index in [0.717, 1.165) is 32.1 Å². The summed E-state index contributed by atoms with van der Waals surface area (Å²) >= 11 is 0. The molecular weight excluding hydrogens is 792 g/mol. The first kappa shape index (κ1) is 42.7. The minimum atomic E-state index is -4.69. The first-order valence-corrected chi connectivity index (χ1v) is 22.2. The average molecular weight is 846 g/mol. The molecule has 0 unspecified atom stereocenters. The van der Waals surface area contributed by atoms with E-state index in [1.54, 1.807) is 13.1 Å². The van der Waals surface area contributed by atoms with Gasteiger partial charge in [-0.3, -0.25) is 23.9 Å². The van der Waals surface area contributed by atoms with Crippen molar-refractivity contribution >= 4 is 44.4 Å². The summed E-state index contributed by atoms with van der Waals surface area (Å²) in [6.45, 7) is 5.97. The molecule has 4 amide bonds. The second-order valence-corrected chi connectivity index (χ2v) is 20.0. The molecule has 59 heavy (non-hydrogen) atoms. The van der Waals surface area contributed by atoms with E-state index in [0.29, 0.717) is 55.8 Å². The lowest BCUT2D eigenvalue weighted by atomic mass is 9.86. The van der Waals surface area contributed by atoms with Crippen molar-refractivity contribution in [2.24, 2.45) is 29.1 Å². The monoisotopic (exact) mass is 845 g/mol. The molecule has 2 aliphatic heterocycles. The number of halogens is 3. The Kier molecular flexibility index (Phi) is 11.7. The second-order valence-electron chi connectivity index (χ2n) is 18.1. The summed E-state index contributed by atoms with van der Waals surface area (Å²) in [5, 5.41) is 6.15. The average Bonchev–Trinajstić information content (AvgIpc) is 4.06. The third kappa shape index (κ3) is 9.49. The lowest BCUT2D eigenvalue weighted by Gasteiger charge is -2.34. The molecule has 4 fully saturated rings. The van der Waals surface area contributed by atoms with Gasteiger partial charge in [0.05, 0.1) is 30.0 Å². The van der Waals surface area contributed by atoms with Crippen molar-refractivity contribution < 1.29 is 50.2 Å². The van der Waals surface area contributed by atoms with Gasteiger partial charge in [-0.25, -0.2) is 13.4 Å². The number of hydrogen-bond donors (Lipinski definition) is 3. The molecule has 0 bridgehead atoms. The number of alkyl halides is 3. The van der Waals surface area contributed by atoms with Crippen molar-refractivity contribution in [3.8, 4) is 11.6 Å². The van der Waals surface area contributed by atoms with Gasteiger partial charge in [0.25, 0.3) is 5.91 Å². The van der Waals surface area contributed by atoms with Gasteiger partial charge < -0.3 is 25.0 Å². The summed E-state index contributed by atoms with van der Waals surface area (Å²) in [6, 6.07) is 4.81. The smallest absolute Gasteiger partial charge is 0.394 e. The SMILES string of the molecule is C[C@@H]1CC/C=C\[C@@H]2C[C@@]2(C(=O)NS(=O)(=O)C2CC2)NC(=O)[C@@H]2C[C@@H](Oc3ncc(OCC4CC4)c4ccccc34)CN2C(=O)[C@@H](NC(=O)CC(C)(C)C(F)(F)F)[C@H](C)C1. The molecule has 2 aromatic rings. The van der Waals surface area contributed by atoms with E-state index >= 15 is 0 Å².